The van der Waals surface area contributed by atoms with Gasteiger partial charge in [0.05, 0.1) is 11.4 Å². The lowest BCUT2D eigenvalue weighted by atomic mass is 10.2. The molecule has 1 saturated heterocycles. The molecule has 1 aliphatic heterocycles. The van der Waals surface area contributed by atoms with Crippen molar-refractivity contribution in [3.05, 3.63) is 66.0 Å². The fraction of sp³-hybridized carbons (Fsp3) is 0.300. The highest BCUT2D eigenvalue weighted by Crippen LogP contribution is 2.19. The molecule has 1 fully saturated rings. The molecule has 0 spiro atoms. The molecule has 1 atom stereocenters. The Balaban J connectivity index is 1.27. The van der Waals surface area contributed by atoms with Gasteiger partial charge in [0.25, 0.3) is 0 Å². The zero-order valence-corrected chi connectivity index (χ0v) is 16.6. The number of nitrogens with zero attached hydrogens (tertiary/aromatic N) is 5. The van der Waals surface area contributed by atoms with Crippen LogP contribution in [-0.2, 0) is 11.3 Å². The van der Waals surface area contributed by atoms with Gasteiger partial charge >= 0.3 is 0 Å². The molecule has 0 aliphatic carbocycles. The van der Waals surface area contributed by atoms with Gasteiger partial charge in [-0.25, -0.2) is 4.39 Å². The van der Waals surface area contributed by atoms with Gasteiger partial charge in [-0.05, 0) is 40.6 Å². The Labute approximate surface area is 172 Å². The number of hydrogen-bond acceptors (Lipinski definition) is 6. The van der Waals surface area contributed by atoms with Crippen LogP contribution in [0.1, 0.15) is 12.0 Å². The van der Waals surface area contributed by atoms with Crippen molar-refractivity contribution in [2.75, 3.05) is 18.8 Å². The first-order valence-corrected chi connectivity index (χ1v) is 10.4. The molecule has 1 amide bonds. The van der Waals surface area contributed by atoms with E-state index in [4.69, 9.17) is 0 Å². The van der Waals surface area contributed by atoms with E-state index in [2.05, 4.69) is 37.9 Å². The normalized spacial score (nSPS) is 16.8. The summed E-state index contributed by atoms with van der Waals surface area (Å²) < 4.78 is 14.9. The van der Waals surface area contributed by atoms with E-state index in [1.54, 1.807) is 12.1 Å². The summed E-state index contributed by atoms with van der Waals surface area (Å²) in [5.74, 6) is -0.228. The predicted molar refractivity (Wildman–Crippen MR) is 108 cm³/mol. The summed E-state index contributed by atoms with van der Waals surface area (Å²) in [6.07, 6.45) is 0.935. The van der Waals surface area contributed by atoms with Crippen molar-refractivity contribution in [1.82, 2.24) is 30.4 Å². The molecular formula is C20H21FN6OS. The number of tetrazole rings is 1. The van der Waals surface area contributed by atoms with Crippen LogP contribution in [-0.4, -0.2) is 55.9 Å². The van der Waals surface area contributed by atoms with Crippen molar-refractivity contribution in [3.63, 3.8) is 0 Å². The fourth-order valence-electron chi connectivity index (χ4n) is 3.37. The van der Waals surface area contributed by atoms with Gasteiger partial charge in [-0.3, -0.25) is 9.69 Å². The number of nitrogens with one attached hydrogen (secondary N) is 1. The number of amides is 1. The van der Waals surface area contributed by atoms with Crippen molar-refractivity contribution >= 4 is 17.7 Å². The Hall–Kier alpha value is -2.78. The lowest BCUT2D eigenvalue weighted by Crippen LogP contribution is -2.38. The second-order valence-electron chi connectivity index (χ2n) is 6.92. The summed E-state index contributed by atoms with van der Waals surface area (Å²) in [6.45, 7) is 2.70. The third kappa shape index (κ3) is 5.18. The molecule has 1 unspecified atom stereocenters. The summed E-state index contributed by atoms with van der Waals surface area (Å²) in [5, 5.41) is 15.0. The molecule has 29 heavy (non-hydrogen) atoms. The van der Waals surface area contributed by atoms with Crippen LogP contribution in [0.5, 0.6) is 0 Å². The number of thioether (sulfide) groups is 1. The topological polar surface area (TPSA) is 75.9 Å². The molecule has 150 valence electrons. The van der Waals surface area contributed by atoms with Crippen molar-refractivity contribution in [3.8, 4) is 5.69 Å². The number of carbonyl (C=O) groups is 1. The van der Waals surface area contributed by atoms with Gasteiger partial charge in [0, 0.05) is 25.7 Å². The molecule has 1 aromatic heterocycles. The zero-order chi connectivity index (χ0) is 20.1. The maximum Gasteiger partial charge on any atom is 0.230 e. The highest BCUT2D eigenvalue weighted by molar-refractivity contribution is 7.99. The van der Waals surface area contributed by atoms with Crippen LogP contribution in [0.15, 0.2) is 59.8 Å². The van der Waals surface area contributed by atoms with E-state index < -0.39 is 0 Å². The van der Waals surface area contributed by atoms with E-state index in [1.807, 2.05) is 18.2 Å². The van der Waals surface area contributed by atoms with Crippen LogP contribution in [0.2, 0.25) is 0 Å². The fourth-order valence-corrected chi connectivity index (χ4v) is 4.08. The SMILES string of the molecule is O=C(CSc1nnnn1-c1cccc(F)c1)NC1CCN(Cc2ccccc2)C1. The first-order valence-electron chi connectivity index (χ1n) is 9.40. The second-order valence-corrected chi connectivity index (χ2v) is 7.86. The maximum atomic E-state index is 13.4. The van der Waals surface area contributed by atoms with Gasteiger partial charge in [0.15, 0.2) is 0 Å². The largest absolute Gasteiger partial charge is 0.351 e. The Kier molecular flexibility index (Phi) is 6.16. The lowest BCUT2D eigenvalue weighted by Gasteiger charge is -2.16. The third-order valence-electron chi connectivity index (χ3n) is 4.71. The Morgan fingerprint density at radius 3 is 2.90 bits per heavy atom. The van der Waals surface area contributed by atoms with Gasteiger partial charge in [-0.1, -0.05) is 48.2 Å². The highest BCUT2D eigenvalue weighted by Gasteiger charge is 2.24. The first-order chi connectivity index (χ1) is 14.2. The molecule has 1 N–H and O–H groups in total. The monoisotopic (exact) mass is 412 g/mol. The quantitative estimate of drug-likeness (QED) is 0.600. The molecule has 9 heteroatoms. The van der Waals surface area contributed by atoms with Crippen molar-refractivity contribution in [2.45, 2.75) is 24.2 Å². The average Bonchev–Trinajstić information content (AvgIpc) is 3.36. The van der Waals surface area contributed by atoms with Crippen LogP contribution < -0.4 is 5.32 Å². The number of carbonyl (C=O) groups excluding carboxylic acids is 1. The first kappa shape index (κ1) is 19.5. The Bertz CT molecular complexity index is 966. The summed E-state index contributed by atoms with van der Waals surface area (Å²) >= 11 is 1.23. The summed E-state index contributed by atoms with van der Waals surface area (Å²) in [7, 11) is 0. The van der Waals surface area contributed by atoms with E-state index in [-0.39, 0.29) is 23.5 Å². The van der Waals surface area contributed by atoms with Crippen LogP contribution in [0.25, 0.3) is 5.69 Å². The molecule has 0 saturated carbocycles. The second kappa shape index (κ2) is 9.15. The number of likely N-dealkylation sites (tertiary alicyclic amines) is 1. The van der Waals surface area contributed by atoms with E-state index in [0.717, 1.165) is 26.1 Å². The Morgan fingerprint density at radius 1 is 1.21 bits per heavy atom. The molecule has 2 aromatic carbocycles. The van der Waals surface area contributed by atoms with Crippen LogP contribution >= 0.6 is 11.8 Å². The third-order valence-corrected chi connectivity index (χ3v) is 5.63. The van der Waals surface area contributed by atoms with E-state index in [1.165, 1.54) is 34.1 Å². The number of benzene rings is 2. The van der Waals surface area contributed by atoms with Crippen molar-refractivity contribution < 1.29 is 9.18 Å². The van der Waals surface area contributed by atoms with Gasteiger partial charge in [-0.2, -0.15) is 4.68 Å². The predicted octanol–water partition coefficient (Wildman–Crippen LogP) is 2.28. The maximum absolute atomic E-state index is 13.4. The number of hydrogen-bond donors (Lipinski definition) is 1. The molecule has 3 aromatic rings. The van der Waals surface area contributed by atoms with Gasteiger partial charge in [0.2, 0.25) is 11.1 Å². The van der Waals surface area contributed by atoms with Crippen LogP contribution in [0.3, 0.4) is 0 Å². The number of rotatable bonds is 7. The molecule has 0 radical (unpaired) electrons. The van der Waals surface area contributed by atoms with Crippen molar-refractivity contribution in [2.24, 2.45) is 0 Å². The highest BCUT2D eigenvalue weighted by atomic mass is 32.2. The number of aromatic nitrogens is 4. The minimum atomic E-state index is -0.368. The van der Waals surface area contributed by atoms with Crippen molar-refractivity contribution in [1.29, 1.82) is 0 Å². The van der Waals surface area contributed by atoms with Gasteiger partial charge in [-0.15, -0.1) is 5.10 Å². The molecule has 1 aliphatic rings. The number of halogens is 1. The molecule has 4 rings (SSSR count). The minimum absolute atomic E-state index is 0.0599. The lowest BCUT2D eigenvalue weighted by molar-refractivity contribution is -0.119. The van der Waals surface area contributed by atoms with Gasteiger partial charge in [0.1, 0.15) is 5.82 Å². The zero-order valence-electron chi connectivity index (χ0n) is 15.7. The summed E-state index contributed by atoms with van der Waals surface area (Å²) in [5.41, 5.74) is 1.80. The molecule has 2 heterocycles. The molecule has 0 bridgehead atoms. The van der Waals surface area contributed by atoms with E-state index >= 15 is 0 Å². The smallest absolute Gasteiger partial charge is 0.230 e. The Morgan fingerprint density at radius 2 is 2.07 bits per heavy atom. The minimum Gasteiger partial charge on any atom is -0.351 e. The average molecular weight is 412 g/mol. The molecular weight excluding hydrogens is 391 g/mol. The summed E-state index contributed by atoms with van der Waals surface area (Å²) in [6, 6.07) is 16.5. The summed E-state index contributed by atoms with van der Waals surface area (Å²) in [4.78, 5) is 14.7. The standard InChI is InChI=1S/C20H21FN6OS/c21-16-7-4-8-18(11-16)27-20(23-24-25-27)29-14-19(28)22-17-9-10-26(13-17)12-15-5-2-1-3-6-15/h1-8,11,17H,9-10,12-14H2,(H,22,28). The van der Waals surface area contributed by atoms with Crippen LogP contribution in [0.4, 0.5) is 4.39 Å². The van der Waals surface area contributed by atoms with E-state index in [9.17, 15) is 9.18 Å². The van der Waals surface area contributed by atoms with Gasteiger partial charge < -0.3 is 5.32 Å². The van der Waals surface area contributed by atoms with E-state index in [0.29, 0.717) is 10.8 Å². The molecule has 7 nitrogen and oxygen atoms in total. The van der Waals surface area contributed by atoms with Crippen LogP contribution in [0, 0.1) is 5.82 Å².